The maximum absolute atomic E-state index is 12.4. The third kappa shape index (κ3) is 3.28. The van der Waals surface area contributed by atoms with Crippen molar-refractivity contribution in [2.24, 2.45) is 0 Å². The maximum Gasteiger partial charge on any atom is 0.339 e. The number of benzene rings is 1. The van der Waals surface area contributed by atoms with Gasteiger partial charge in [0.1, 0.15) is 5.69 Å². The van der Waals surface area contributed by atoms with Crippen LogP contribution in [0.5, 0.6) is 0 Å². The van der Waals surface area contributed by atoms with Crippen LogP contribution in [-0.2, 0) is 4.74 Å². The van der Waals surface area contributed by atoms with Gasteiger partial charge in [0.15, 0.2) is 0 Å². The maximum atomic E-state index is 12.4. The van der Waals surface area contributed by atoms with Crippen molar-refractivity contribution in [3.63, 3.8) is 0 Å². The predicted molar refractivity (Wildman–Crippen MR) is 82.5 cm³/mol. The molecule has 0 atom stereocenters. The van der Waals surface area contributed by atoms with Gasteiger partial charge in [-0.3, -0.25) is 4.79 Å². The summed E-state index contributed by atoms with van der Waals surface area (Å²) >= 11 is 3.27. The first kappa shape index (κ1) is 15.2. The average Bonchev–Trinajstić information content (AvgIpc) is 2.53. The van der Waals surface area contributed by atoms with Crippen LogP contribution in [0.3, 0.4) is 0 Å². The Morgan fingerprint density at radius 2 is 1.90 bits per heavy atom. The Kier molecular flexibility index (Phi) is 4.70. The predicted octanol–water partition coefficient (Wildman–Crippen LogP) is 2.91. The van der Waals surface area contributed by atoms with E-state index in [2.05, 4.69) is 20.9 Å². The Morgan fingerprint density at radius 3 is 2.52 bits per heavy atom. The number of methoxy groups -OCH3 is 1. The Bertz CT molecular complexity index is 671. The van der Waals surface area contributed by atoms with Gasteiger partial charge in [-0.2, -0.15) is 0 Å². The number of hydrogen-bond donors (Lipinski definition) is 0. The van der Waals surface area contributed by atoms with Gasteiger partial charge in [-0.1, -0.05) is 12.1 Å². The fourth-order valence-electron chi connectivity index (χ4n) is 1.83. The molecule has 0 unspecified atom stereocenters. The van der Waals surface area contributed by atoms with Crippen molar-refractivity contribution < 1.29 is 14.3 Å². The summed E-state index contributed by atoms with van der Waals surface area (Å²) in [7, 11) is 2.89. The molecule has 2 aromatic rings. The molecular formula is C15H13BrN2O3. The molecule has 0 spiro atoms. The minimum Gasteiger partial charge on any atom is -0.465 e. The summed E-state index contributed by atoms with van der Waals surface area (Å²) in [6.07, 6.45) is 1.55. The van der Waals surface area contributed by atoms with Gasteiger partial charge in [-0.25, -0.2) is 9.78 Å². The van der Waals surface area contributed by atoms with Gasteiger partial charge >= 0.3 is 5.97 Å². The molecule has 21 heavy (non-hydrogen) atoms. The summed E-state index contributed by atoms with van der Waals surface area (Å²) in [5.74, 6) is -0.798. The second kappa shape index (κ2) is 6.49. The second-order valence-corrected chi connectivity index (χ2v) is 5.15. The molecule has 0 aliphatic carbocycles. The Labute approximate surface area is 130 Å². The standard InChI is InChI=1S/C15H13BrN2O3/c1-18(14(19)12-8-7-10(16)9-17-12)13-6-4-3-5-11(13)15(20)21-2/h3-9H,1-2H3. The molecule has 0 saturated carbocycles. The van der Waals surface area contributed by atoms with Crippen molar-refractivity contribution in [3.8, 4) is 0 Å². The topological polar surface area (TPSA) is 59.5 Å². The number of aromatic nitrogens is 1. The van der Waals surface area contributed by atoms with E-state index in [0.717, 1.165) is 4.47 Å². The molecule has 0 aliphatic heterocycles. The summed E-state index contributed by atoms with van der Waals surface area (Å²) in [6, 6.07) is 10.1. The van der Waals surface area contributed by atoms with Crippen LogP contribution < -0.4 is 4.90 Å². The number of esters is 1. The highest BCUT2D eigenvalue weighted by Crippen LogP contribution is 2.21. The zero-order valence-corrected chi connectivity index (χ0v) is 13.1. The van der Waals surface area contributed by atoms with Gasteiger partial charge in [0.2, 0.25) is 0 Å². The van der Waals surface area contributed by atoms with Crippen LogP contribution in [0.15, 0.2) is 47.1 Å². The highest BCUT2D eigenvalue weighted by molar-refractivity contribution is 9.10. The van der Waals surface area contributed by atoms with Crippen LogP contribution in [0, 0.1) is 0 Å². The number of hydrogen-bond acceptors (Lipinski definition) is 4. The van der Waals surface area contributed by atoms with Crippen LogP contribution >= 0.6 is 15.9 Å². The van der Waals surface area contributed by atoms with E-state index in [-0.39, 0.29) is 5.91 Å². The average molecular weight is 349 g/mol. The molecule has 0 radical (unpaired) electrons. The third-order valence-electron chi connectivity index (χ3n) is 2.92. The lowest BCUT2D eigenvalue weighted by atomic mass is 10.1. The third-order valence-corrected chi connectivity index (χ3v) is 3.39. The van der Waals surface area contributed by atoms with Crippen molar-refractivity contribution >= 4 is 33.5 Å². The molecule has 1 aromatic heterocycles. The van der Waals surface area contributed by atoms with E-state index in [1.165, 1.54) is 12.0 Å². The number of pyridine rings is 1. The van der Waals surface area contributed by atoms with Crippen LogP contribution in [0.2, 0.25) is 0 Å². The molecule has 0 saturated heterocycles. The zero-order chi connectivity index (χ0) is 15.4. The summed E-state index contributed by atoms with van der Waals surface area (Å²) in [4.78, 5) is 29.6. The van der Waals surface area contributed by atoms with Gasteiger partial charge in [-0.15, -0.1) is 0 Å². The summed E-state index contributed by atoms with van der Waals surface area (Å²) < 4.78 is 5.52. The number of anilines is 1. The first-order chi connectivity index (χ1) is 10.0. The quantitative estimate of drug-likeness (QED) is 0.800. The fraction of sp³-hybridized carbons (Fsp3) is 0.133. The van der Waals surface area contributed by atoms with E-state index in [9.17, 15) is 9.59 Å². The van der Waals surface area contributed by atoms with Crippen molar-refractivity contribution in [2.45, 2.75) is 0 Å². The molecule has 108 valence electrons. The lowest BCUT2D eigenvalue weighted by Crippen LogP contribution is -2.28. The van der Waals surface area contributed by atoms with Gasteiger partial charge in [0.05, 0.1) is 18.4 Å². The van der Waals surface area contributed by atoms with E-state index in [4.69, 9.17) is 4.74 Å². The van der Waals surface area contributed by atoms with Crippen LogP contribution in [-0.4, -0.2) is 31.0 Å². The van der Waals surface area contributed by atoms with E-state index in [0.29, 0.717) is 16.9 Å². The van der Waals surface area contributed by atoms with Crippen LogP contribution in [0.25, 0.3) is 0 Å². The molecule has 5 nitrogen and oxygen atoms in total. The van der Waals surface area contributed by atoms with Crippen molar-refractivity contribution in [3.05, 3.63) is 58.3 Å². The van der Waals surface area contributed by atoms with E-state index >= 15 is 0 Å². The number of nitrogens with zero attached hydrogens (tertiary/aromatic N) is 2. The number of ether oxygens (including phenoxy) is 1. The number of carbonyl (C=O) groups excluding carboxylic acids is 2. The first-order valence-electron chi connectivity index (χ1n) is 6.11. The van der Waals surface area contributed by atoms with E-state index < -0.39 is 5.97 Å². The minimum atomic E-state index is -0.492. The molecule has 1 aromatic carbocycles. The number of para-hydroxylation sites is 1. The lowest BCUT2D eigenvalue weighted by Gasteiger charge is -2.19. The smallest absolute Gasteiger partial charge is 0.339 e. The first-order valence-corrected chi connectivity index (χ1v) is 6.91. The Morgan fingerprint density at radius 1 is 1.19 bits per heavy atom. The summed E-state index contributed by atoms with van der Waals surface area (Å²) in [6.45, 7) is 0. The number of rotatable bonds is 3. The second-order valence-electron chi connectivity index (χ2n) is 4.23. The summed E-state index contributed by atoms with van der Waals surface area (Å²) in [5, 5.41) is 0. The fourth-order valence-corrected chi connectivity index (χ4v) is 2.07. The Balaban J connectivity index is 2.36. The van der Waals surface area contributed by atoms with Gasteiger partial charge in [0, 0.05) is 17.7 Å². The monoisotopic (exact) mass is 348 g/mol. The molecule has 1 heterocycles. The molecule has 6 heteroatoms. The van der Waals surface area contributed by atoms with Crippen molar-refractivity contribution in [1.82, 2.24) is 4.98 Å². The molecule has 0 aliphatic rings. The number of carbonyl (C=O) groups is 2. The van der Waals surface area contributed by atoms with Gasteiger partial charge in [-0.05, 0) is 40.2 Å². The van der Waals surface area contributed by atoms with Crippen LogP contribution in [0.1, 0.15) is 20.8 Å². The van der Waals surface area contributed by atoms with Gasteiger partial charge < -0.3 is 9.64 Å². The highest BCUT2D eigenvalue weighted by Gasteiger charge is 2.20. The molecular weight excluding hydrogens is 336 g/mol. The van der Waals surface area contributed by atoms with Crippen LogP contribution in [0.4, 0.5) is 5.69 Å². The highest BCUT2D eigenvalue weighted by atomic mass is 79.9. The molecule has 2 rings (SSSR count). The molecule has 1 amide bonds. The molecule has 0 fully saturated rings. The minimum absolute atomic E-state index is 0.292. The van der Waals surface area contributed by atoms with Gasteiger partial charge in [0.25, 0.3) is 5.91 Å². The van der Waals surface area contributed by atoms with Crippen molar-refractivity contribution in [2.75, 3.05) is 19.1 Å². The Hall–Kier alpha value is -2.21. The SMILES string of the molecule is COC(=O)c1ccccc1N(C)C(=O)c1ccc(Br)cn1. The summed E-state index contributed by atoms with van der Waals surface area (Å²) in [5.41, 5.74) is 1.09. The zero-order valence-electron chi connectivity index (χ0n) is 11.5. The molecule has 0 bridgehead atoms. The number of halogens is 1. The van der Waals surface area contributed by atoms with E-state index in [1.54, 1.807) is 49.6 Å². The largest absolute Gasteiger partial charge is 0.465 e. The molecule has 0 N–H and O–H groups in total. The lowest BCUT2D eigenvalue weighted by molar-refractivity contribution is 0.0601. The number of amides is 1. The normalized spacial score (nSPS) is 10.0. The van der Waals surface area contributed by atoms with Crippen molar-refractivity contribution in [1.29, 1.82) is 0 Å². The van der Waals surface area contributed by atoms with E-state index in [1.807, 2.05) is 0 Å².